The topological polar surface area (TPSA) is 43.8 Å². The SMILES string of the molecule is CC(C)c1nc2cc(N)ccc2n1-c1ccsc1. The summed E-state index contributed by atoms with van der Waals surface area (Å²) in [4.78, 5) is 4.72. The zero-order valence-corrected chi connectivity index (χ0v) is 11.2. The number of fused-ring (bicyclic) bond motifs is 1. The normalized spacial score (nSPS) is 11.5. The van der Waals surface area contributed by atoms with Gasteiger partial charge >= 0.3 is 0 Å². The molecule has 18 heavy (non-hydrogen) atoms. The first-order valence-corrected chi connectivity index (χ1v) is 6.91. The number of hydrogen-bond donors (Lipinski definition) is 1. The summed E-state index contributed by atoms with van der Waals surface area (Å²) in [5.41, 5.74) is 9.84. The van der Waals surface area contributed by atoms with E-state index in [1.165, 1.54) is 5.69 Å². The van der Waals surface area contributed by atoms with Gasteiger partial charge in [-0.05, 0) is 29.6 Å². The van der Waals surface area contributed by atoms with E-state index in [-0.39, 0.29) is 0 Å². The molecule has 3 nitrogen and oxygen atoms in total. The van der Waals surface area contributed by atoms with E-state index >= 15 is 0 Å². The average Bonchev–Trinajstić information content (AvgIpc) is 2.92. The number of imidazole rings is 1. The minimum Gasteiger partial charge on any atom is -0.399 e. The largest absolute Gasteiger partial charge is 0.399 e. The van der Waals surface area contributed by atoms with E-state index in [1.54, 1.807) is 11.3 Å². The van der Waals surface area contributed by atoms with Crippen LogP contribution in [0.3, 0.4) is 0 Å². The van der Waals surface area contributed by atoms with Crippen LogP contribution in [0.2, 0.25) is 0 Å². The lowest BCUT2D eigenvalue weighted by Crippen LogP contribution is -2.01. The lowest BCUT2D eigenvalue weighted by molar-refractivity contribution is 0.760. The predicted molar refractivity (Wildman–Crippen MR) is 77.4 cm³/mol. The van der Waals surface area contributed by atoms with E-state index in [2.05, 4.69) is 35.2 Å². The van der Waals surface area contributed by atoms with Crippen molar-refractivity contribution in [1.82, 2.24) is 9.55 Å². The molecule has 3 rings (SSSR count). The van der Waals surface area contributed by atoms with Crippen LogP contribution >= 0.6 is 11.3 Å². The van der Waals surface area contributed by atoms with Gasteiger partial charge in [0.25, 0.3) is 0 Å². The minimum atomic E-state index is 0.374. The van der Waals surface area contributed by atoms with Gasteiger partial charge in [-0.3, -0.25) is 4.57 Å². The Morgan fingerprint density at radius 3 is 2.78 bits per heavy atom. The maximum Gasteiger partial charge on any atom is 0.117 e. The molecule has 0 aliphatic carbocycles. The molecule has 0 aliphatic rings. The molecule has 1 aromatic carbocycles. The van der Waals surface area contributed by atoms with Gasteiger partial charge in [-0.2, -0.15) is 11.3 Å². The number of rotatable bonds is 2. The van der Waals surface area contributed by atoms with Crippen LogP contribution in [-0.2, 0) is 0 Å². The Morgan fingerprint density at radius 2 is 2.11 bits per heavy atom. The number of aromatic nitrogens is 2. The predicted octanol–water partition coefficient (Wildman–Crippen LogP) is 3.79. The number of nitrogens with zero attached hydrogens (tertiary/aromatic N) is 2. The summed E-state index contributed by atoms with van der Waals surface area (Å²) in [6.07, 6.45) is 0. The van der Waals surface area contributed by atoms with Crippen LogP contribution < -0.4 is 5.73 Å². The first-order valence-electron chi connectivity index (χ1n) is 5.97. The van der Waals surface area contributed by atoms with Crippen molar-refractivity contribution >= 4 is 28.1 Å². The molecule has 0 amide bonds. The monoisotopic (exact) mass is 257 g/mol. The highest BCUT2D eigenvalue weighted by atomic mass is 32.1. The molecule has 0 radical (unpaired) electrons. The first-order chi connectivity index (χ1) is 8.66. The van der Waals surface area contributed by atoms with Gasteiger partial charge in [-0.1, -0.05) is 13.8 Å². The highest BCUT2D eigenvalue weighted by molar-refractivity contribution is 7.08. The van der Waals surface area contributed by atoms with Crippen molar-refractivity contribution in [2.24, 2.45) is 0 Å². The summed E-state index contributed by atoms with van der Waals surface area (Å²) in [5, 5.41) is 4.23. The van der Waals surface area contributed by atoms with E-state index in [4.69, 9.17) is 10.7 Å². The highest BCUT2D eigenvalue weighted by Crippen LogP contribution is 2.28. The molecule has 0 atom stereocenters. The van der Waals surface area contributed by atoms with Gasteiger partial charge in [0.2, 0.25) is 0 Å². The molecule has 3 aromatic rings. The number of nitrogen functional groups attached to an aromatic ring is 1. The van der Waals surface area contributed by atoms with E-state index in [0.29, 0.717) is 5.92 Å². The van der Waals surface area contributed by atoms with Crippen LogP contribution in [-0.4, -0.2) is 9.55 Å². The maximum atomic E-state index is 5.83. The third-order valence-corrected chi connectivity index (χ3v) is 3.66. The van der Waals surface area contributed by atoms with Crippen molar-refractivity contribution in [2.75, 3.05) is 5.73 Å². The van der Waals surface area contributed by atoms with E-state index in [0.717, 1.165) is 22.5 Å². The molecule has 2 heterocycles. The molecule has 0 spiro atoms. The summed E-state index contributed by atoms with van der Waals surface area (Å²) in [6, 6.07) is 8.02. The van der Waals surface area contributed by atoms with E-state index < -0.39 is 0 Å². The van der Waals surface area contributed by atoms with Crippen LogP contribution in [0, 0.1) is 0 Å². The number of benzene rings is 1. The Labute approximate surface area is 110 Å². The zero-order valence-electron chi connectivity index (χ0n) is 10.4. The number of nitrogens with two attached hydrogens (primary N) is 1. The smallest absolute Gasteiger partial charge is 0.117 e. The van der Waals surface area contributed by atoms with Gasteiger partial charge in [0, 0.05) is 17.0 Å². The third kappa shape index (κ3) is 1.69. The summed E-state index contributed by atoms with van der Waals surface area (Å²) in [7, 11) is 0. The van der Waals surface area contributed by atoms with Crippen molar-refractivity contribution in [3.8, 4) is 5.69 Å². The van der Waals surface area contributed by atoms with Crippen LogP contribution in [0.1, 0.15) is 25.6 Å². The molecule has 92 valence electrons. The minimum absolute atomic E-state index is 0.374. The summed E-state index contributed by atoms with van der Waals surface area (Å²) >= 11 is 1.70. The lowest BCUT2D eigenvalue weighted by atomic mass is 10.2. The molecule has 0 fully saturated rings. The van der Waals surface area contributed by atoms with Crippen LogP contribution in [0.5, 0.6) is 0 Å². The van der Waals surface area contributed by atoms with Crippen LogP contribution in [0.25, 0.3) is 16.7 Å². The van der Waals surface area contributed by atoms with Gasteiger partial charge in [0.1, 0.15) is 5.82 Å². The molecule has 0 bridgehead atoms. The fourth-order valence-electron chi connectivity index (χ4n) is 2.16. The standard InChI is InChI=1S/C14H15N3S/c1-9(2)14-16-12-7-10(15)3-4-13(12)17(14)11-5-6-18-8-11/h3-9H,15H2,1-2H3. The van der Waals surface area contributed by atoms with Gasteiger partial charge in [0.15, 0.2) is 0 Å². The number of anilines is 1. The lowest BCUT2D eigenvalue weighted by Gasteiger charge is -2.09. The number of hydrogen-bond acceptors (Lipinski definition) is 3. The Bertz CT molecular complexity index is 680. The van der Waals surface area contributed by atoms with Gasteiger partial charge in [-0.25, -0.2) is 4.98 Å². The summed E-state index contributed by atoms with van der Waals surface area (Å²) in [6.45, 7) is 4.32. The molecule has 0 aliphatic heterocycles. The van der Waals surface area contributed by atoms with Crippen LogP contribution in [0.15, 0.2) is 35.0 Å². The molecular weight excluding hydrogens is 242 g/mol. The van der Waals surface area contributed by atoms with Crippen molar-refractivity contribution in [3.05, 3.63) is 40.8 Å². The molecular formula is C14H15N3S. The van der Waals surface area contributed by atoms with Crippen molar-refractivity contribution in [2.45, 2.75) is 19.8 Å². The van der Waals surface area contributed by atoms with E-state index in [1.807, 2.05) is 18.2 Å². The zero-order chi connectivity index (χ0) is 12.7. The van der Waals surface area contributed by atoms with Crippen molar-refractivity contribution in [1.29, 1.82) is 0 Å². The molecule has 0 unspecified atom stereocenters. The highest BCUT2D eigenvalue weighted by Gasteiger charge is 2.15. The molecule has 0 saturated heterocycles. The Hall–Kier alpha value is -1.81. The fourth-order valence-corrected chi connectivity index (χ4v) is 2.78. The van der Waals surface area contributed by atoms with Crippen molar-refractivity contribution in [3.63, 3.8) is 0 Å². The van der Waals surface area contributed by atoms with Gasteiger partial charge in [-0.15, -0.1) is 0 Å². The Kier molecular flexibility index (Phi) is 2.59. The average molecular weight is 257 g/mol. The second-order valence-corrected chi connectivity index (χ2v) is 5.47. The Balaban J connectivity index is 2.36. The third-order valence-electron chi connectivity index (χ3n) is 2.99. The summed E-state index contributed by atoms with van der Waals surface area (Å²) < 4.78 is 2.22. The Morgan fingerprint density at radius 1 is 1.28 bits per heavy atom. The van der Waals surface area contributed by atoms with Gasteiger partial charge in [0.05, 0.1) is 16.7 Å². The van der Waals surface area contributed by atoms with E-state index in [9.17, 15) is 0 Å². The second kappa shape index (κ2) is 4.14. The maximum absolute atomic E-state index is 5.83. The first kappa shape index (κ1) is 11.3. The molecule has 4 heteroatoms. The second-order valence-electron chi connectivity index (χ2n) is 4.69. The van der Waals surface area contributed by atoms with Crippen LogP contribution in [0.4, 0.5) is 5.69 Å². The molecule has 0 saturated carbocycles. The van der Waals surface area contributed by atoms with Gasteiger partial charge < -0.3 is 5.73 Å². The summed E-state index contributed by atoms with van der Waals surface area (Å²) in [5.74, 6) is 1.45. The number of thiophene rings is 1. The molecule has 2 N–H and O–H groups in total. The van der Waals surface area contributed by atoms with Crippen molar-refractivity contribution < 1.29 is 0 Å². The molecule has 2 aromatic heterocycles. The quantitative estimate of drug-likeness (QED) is 0.710. The fraction of sp³-hybridized carbons (Fsp3) is 0.214.